The van der Waals surface area contributed by atoms with E-state index in [1.54, 1.807) is 0 Å². The van der Waals surface area contributed by atoms with Crippen LogP contribution in [0.4, 0.5) is 5.69 Å². The number of hydrogen-bond donors (Lipinski definition) is 3. The summed E-state index contributed by atoms with van der Waals surface area (Å²) in [4.78, 5) is 55.8. The Hall–Kier alpha value is -5.84. The number of ether oxygens (including phenoxy) is 3. The van der Waals surface area contributed by atoms with E-state index in [2.05, 4.69) is 16.0 Å². The van der Waals surface area contributed by atoms with Crippen LogP contribution in [0.1, 0.15) is 55.7 Å². The zero-order chi connectivity index (χ0) is 38.4. The van der Waals surface area contributed by atoms with Crippen molar-refractivity contribution in [2.45, 2.75) is 70.6 Å². The number of hydrogen-bond acceptors (Lipinski definition) is 7. The van der Waals surface area contributed by atoms with Crippen molar-refractivity contribution in [3.63, 3.8) is 0 Å². The van der Waals surface area contributed by atoms with Crippen LogP contribution in [0.3, 0.4) is 0 Å². The van der Waals surface area contributed by atoms with E-state index in [4.69, 9.17) is 14.2 Å². The largest absolute Gasteiger partial charge is 0.490 e. The molecule has 1 saturated carbocycles. The maximum Gasteiger partial charge on any atom is 0.258 e. The SMILES string of the molecule is CCOc1cccc2c1OCC(=O)NC1CCC(CC1)CC(=O)N(c1ccccc1)CC(=O)N[C@H](Cc1ccccc1)C(=O)NCCc1ccc(cc1)OC2. The summed E-state index contributed by atoms with van der Waals surface area (Å²) in [5, 5.41) is 9.05. The first-order chi connectivity index (χ1) is 26.8. The van der Waals surface area contributed by atoms with Crippen molar-refractivity contribution < 1.29 is 33.4 Å². The van der Waals surface area contributed by atoms with E-state index >= 15 is 0 Å². The monoisotopic (exact) mass is 746 g/mol. The third kappa shape index (κ3) is 11.3. The number of nitrogens with zero attached hydrogens (tertiary/aromatic N) is 1. The van der Waals surface area contributed by atoms with Gasteiger partial charge in [-0.2, -0.15) is 0 Å². The predicted octanol–water partition coefficient (Wildman–Crippen LogP) is 5.54. The van der Waals surface area contributed by atoms with Crippen molar-refractivity contribution in [3.05, 3.63) is 120 Å². The highest BCUT2D eigenvalue weighted by atomic mass is 16.5. The number of nitrogens with one attached hydrogen (secondary N) is 3. The highest BCUT2D eigenvalue weighted by Gasteiger charge is 2.29. The molecular formula is C44H50N4O7. The molecule has 4 aromatic rings. The van der Waals surface area contributed by atoms with E-state index in [1.165, 1.54) is 4.90 Å². The highest BCUT2D eigenvalue weighted by Crippen LogP contribution is 2.33. The number of anilines is 1. The first-order valence-corrected chi connectivity index (χ1v) is 19.2. The van der Waals surface area contributed by atoms with E-state index < -0.39 is 11.9 Å². The third-order valence-corrected chi connectivity index (χ3v) is 10.0. The fraction of sp³-hybridized carbons (Fsp3) is 0.364. The molecule has 0 spiro atoms. The second-order valence-electron chi connectivity index (χ2n) is 14.1. The minimum Gasteiger partial charge on any atom is -0.490 e. The Balaban J connectivity index is 1.22. The lowest BCUT2D eigenvalue weighted by molar-refractivity contribution is -0.129. The molecule has 3 N–H and O–H groups in total. The van der Waals surface area contributed by atoms with Gasteiger partial charge in [0.25, 0.3) is 5.91 Å². The molecule has 0 saturated heterocycles. The van der Waals surface area contributed by atoms with Gasteiger partial charge in [0.2, 0.25) is 17.7 Å². The van der Waals surface area contributed by atoms with Crippen LogP contribution in [0.5, 0.6) is 17.2 Å². The fourth-order valence-corrected chi connectivity index (χ4v) is 7.12. The first kappa shape index (κ1) is 38.9. The van der Waals surface area contributed by atoms with Gasteiger partial charge in [0.15, 0.2) is 18.1 Å². The standard InChI is InChI=1S/C44H50N4O7/c1-2-53-39-15-9-12-34-29-54-37-22-18-31(19-23-37)24-25-45-44(52)38(26-32-10-5-3-6-11-32)47-40(49)28-48(36-13-7-4-8-14-36)42(51)27-33-16-20-35(21-17-33)46-41(50)30-55-43(34)39/h3-15,18-19,22-23,33,35,38H,2,16-17,20-21,24-30H2,1H3,(H,45,52)(H,46,50)(H,47,49)/t33?,35?,38-/m1/s1. The highest BCUT2D eigenvalue weighted by molar-refractivity contribution is 5.99. The number of carbonyl (C=O) groups excluding carboxylic acids is 4. The van der Waals surface area contributed by atoms with E-state index in [-0.39, 0.29) is 55.9 Å². The quantitative estimate of drug-likeness (QED) is 0.244. The Morgan fingerprint density at radius 1 is 0.745 bits per heavy atom. The molecule has 11 nitrogen and oxygen atoms in total. The second-order valence-corrected chi connectivity index (χ2v) is 14.1. The second kappa shape index (κ2) is 19.5. The molecule has 4 heterocycles. The predicted molar refractivity (Wildman–Crippen MR) is 210 cm³/mol. The van der Waals surface area contributed by atoms with Crippen molar-refractivity contribution >= 4 is 29.3 Å². The van der Waals surface area contributed by atoms with Crippen LogP contribution >= 0.6 is 0 Å². The molecule has 4 bridgehead atoms. The van der Waals surface area contributed by atoms with Gasteiger partial charge in [0.1, 0.15) is 24.9 Å². The van der Waals surface area contributed by atoms with Gasteiger partial charge in [-0.15, -0.1) is 0 Å². The van der Waals surface area contributed by atoms with E-state index in [1.807, 2.05) is 110 Å². The Bertz CT molecular complexity index is 1880. The van der Waals surface area contributed by atoms with Gasteiger partial charge in [0, 0.05) is 36.7 Å². The Morgan fingerprint density at radius 2 is 1.47 bits per heavy atom. The van der Waals surface area contributed by atoms with Gasteiger partial charge in [0.05, 0.1) is 6.61 Å². The van der Waals surface area contributed by atoms with Crippen LogP contribution in [0.15, 0.2) is 103 Å². The number of benzene rings is 4. The molecule has 4 aromatic carbocycles. The zero-order valence-corrected chi connectivity index (χ0v) is 31.3. The van der Waals surface area contributed by atoms with Crippen LogP contribution < -0.4 is 35.1 Å². The minimum atomic E-state index is -0.846. The first-order valence-electron chi connectivity index (χ1n) is 19.2. The van der Waals surface area contributed by atoms with Crippen molar-refractivity contribution in [2.24, 2.45) is 5.92 Å². The van der Waals surface area contributed by atoms with Crippen LogP contribution in [-0.4, -0.2) is 62.0 Å². The molecule has 1 atom stereocenters. The van der Waals surface area contributed by atoms with Crippen LogP contribution in [0, 0.1) is 5.92 Å². The van der Waals surface area contributed by atoms with Crippen LogP contribution in [0.25, 0.3) is 0 Å². The van der Waals surface area contributed by atoms with Crippen molar-refractivity contribution in [1.82, 2.24) is 16.0 Å². The lowest BCUT2D eigenvalue weighted by Crippen LogP contribution is -2.51. The van der Waals surface area contributed by atoms with Crippen LogP contribution in [-0.2, 0) is 38.6 Å². The average Bonchev–Trinajstić information content (AvgIpc) is 3.20. The lowest BCUT2D eigenvalue weighted by atomic mass is 9.83. The van der Waals surface area contributed by atoms with E-state index in [0.29, 0.717) is 48.9 Å². The zero-order valence-electron chi connectivity index (χ0n) is 31.3. The molecule has 11 heteroatoms. The Labute approximate surface area is 322 Å². The number of rotatable bonds is 5. The molecule has 0 radical (unpaired) electrons. The van der Waals surface area contributed by atoms with Crippen molar-refractivity contribution in [3.8, 4) is 17.2 Å². The number of carbonyl (C=O) groups is 4. The fourth-order valence-electron chi connectivity index (χ4n) is 7.12. The summed E-state index contributed by atoms with van der Waals surface area (Å²) >= 11 is 0. The molecule has 0 aromatic heterocycles. The summed E-state index contributed by atoms with van der Waals surface area (Å²) in [7, 11) is 0. The smallest absolute Gasteiger partial charge is 0.258 e. The molecule has 55 heavy (non-hydrogen) atoms. The topological polar surface area (TPSA) is 135 Å². The molecule has 0 unspecified atom stereocenters. The number of para-hydroxylation sites is 2. The van der Waals surface area contributed by atoms with Gasteiger partial charge in [-0.3, -0.25) is 19.2 Å². The molecule has 5 aliphatic rings. The summed E-state index contributed by atoms with van der Waals surface area (Å²) in [5.74, 6) is 0.630. The molecule has 1 fully saturated rings. The molecule has 4 amide bonds. The van der Waals surface area contributed by atoms with Crippen LogP contribution in [0.2, 0.25) is 0 Å². The third-order valence-electron chi connectivity index (χ3n) is 10.0. The van der Waals surface area contributed by atoms with E-state index in [0.717, 1.165) is 42.4 Å². The molecule has 288 valence electrons. The Morgan fingerprint density at radius 3 is 2.20 bits per heavy atom. The van der Waals surface area contributed by atoms with Crippen molar-refractivity contribution in [1.29, 1.82) is 0 Å². The summed E-state index contributed by atoms with van der Waals surface area (Å²) in [6.45, 7) is 2.48. The Kier molecular flexibility index (Phi) is 13.8. The molecular weight excluding hydrogens is 697 g/mol. The lowest BCUT2D eigenvalue weighted by Gasteiger charge is -2.31. The summed E-state index contributed by atoms with van der Waals surface area (Å²) in [6.07, 6.45) is 4.07. The maximum atomic E-state index is 13.9. The van der Waals surface area contributed by atoms with Gasteiger partial charge in [-0.1, -0.05) is 72.8 Å². The van der Waals surface area contributed by atoms with Gasteiger partial charge in [-0.25, -0.2) is 0 Å². The average molecular weight is 747 g/mol. The van der Waals surface area contributed by atoms with E-state index in [9.17, 15) is 19.2 Å². The minimum absolute atomic E-state index is 0.0401. The normalized spacial score (nSPS) is 20.5. The van der Waals surface area contributed by atoms with Crippen molar-refractivity contribution in [2.75, 3.05) is 31.2 Å². The molecule has 1 aliphatic carbocycles. The van der Waals surface area contributed by atoms with Gasteiger partial charge < -0.3 is 35.1 Å². The molecule has 4 aliphatic heterocycles. The maximum absolute atomic E-state index is 13.9. The summed E-state index contributed by atoms with van der Waals surface area (Å²) in [6, 6.07) is 31.0. The summed E-state index contributed by atoms with van der Waals surface area (Å²) in [5.41, 5.74) is 3.25. The molecule has 9 rings (SSSR count). The van der Waals surface area contributed by atoms with Gasteiger partial charge >= 0.3 is 0 Å². The summed E-state index contributed by atoms with van der Waals surface area (Å²) < 4.78 is 18.0. The van der Waals surface area contributed by atoms with Gasteiger partial charge in [-0.05, 0) is 86.4 Å². The number of amides is 4.